The Bertz CT molecular complexity index is 1210. The molecule has 9 nitrogen and oxygen atoms in total. The molecule has 4 heterocycles. The fourth-order valence-electron chi connectivity index (χ4n) is 3.68. The maximum absolute atomic E-state index is 12.6. The zero-order chi connectivity index (χ0) is 20.5. The fourth-order valence-corrected chi connectivity index (χ4v) is 3.68. The first kappa shape index (κ1) is 18.4. The number of fused-ring (bicyclic) bond motifs is 1. The zero-order valence-corrected chi connectivity index (χ0v) is 16.5. The average molecular weight is 403 g/mol. The predicted molar refractivity (Wildman–Crippen MR) is 111 cm³/mol. The van der Waals surface area contributed by atoms with Crippen molar-refractivity contribution in [2.24, 2.45) is 7.05 Å². The van der Waals surface area contributed by atoms with E-state index < -0.39 is 0 Å². The normalized spacial score (nSPS) is 14.8. The monoisotopic (exact) mass is 403 g/mol. The second-order valence-electron chi connectivity index (χ2n) is 7.36. The van der Waals surface area contributed by atoms with Crippen molar-refractivity contribution < 1.29 is 9.53 Å². The average Bonchev–Trinajstić information content (AvgIpc) is 3.43. The number of hydrogen-bond acceptors (Lipinski definition) is 6. The molecule has 1 fully saturated rings. The molecule has 4 aromatic rings. The molecule has 1 N–H and O–H groups in total. The van der Waals surface area contributed by atoms with E-state index >= 15 is 0 Å². The van der Waals surface area contributed by atoms with Crippen LogP contribution in [0, 0.1) is 0 Å². The van der Waals surface area contributed by atoms with Crippen molar-refractivity contribution in [1.82, 2.24) is 29.1 Å². The van der Waals surface area contributed by atoms with E-state index in [0.29, 0.717) is 11.7 Å². The lowest BCUT2D eigenvalue weighted by molar-refractivity contribution is 0.0695. The lowest BCUT2D eigenvalue weighted by Gasteiger charge is -2.22. The molecule has 1 aliphatic heterocycles. The van der Waals surface area contributed by atoms with Crippen LogP contribution in [0.1, 0.15) is 29.4 Å². The highest BCUT2D eigenvalue weighted by Crippen LogP contribution is 2.24. The Balaban J connectivity index is 1.36. The van der Waals surface area contributed by atoms with Crippen LogP contribution in [0.25, 0.3) is 22.2 Å². The molecule has 152 valence electrons. The maximum Gasteiger partial charge on any atom is 0.278 e. The number of carbonyl (C=O) groups excluding carboxylic acids is 1. The Morgan fingerprint density at radius 3 is 2.83 bits per heavy atom. The maximum atomic E-state index is 12.6. The topological polar surface area (TPSA) is 99.8 Å². The van der Waals surface area contributed by atoms with Gasteiger partial charge in [-0.05, 0) is 18.9 Å². The molecule has 5 rings (SSSR count). The molecule has 0 atom stereocenters. The van der Waals surface area contributed by atoms with E-state index in [1.807, 2.05) is 34.4 Å². The van der Waals surface area contributed by atoms with Crippen LogP contribution in [-0.2, 0) is 11.8 Å². The number of ether oxygens (including phenoxy) is 1. The summed E-state index contributed by atoms with van der Waals surface area (Å²) >= 11 is 0. The van der Waals surface area contributed by atoms with Gasteiger partial charge >= 0.3 is 0 Å². The number of aromatic nitrogens is 6. The number of nitrogens with one attached hydrogen (secondary N) is 1. The van der Waals surface area contributed by atoms with Crippen LogP contribution in [0.3, 0.4) is 0 Å². The highest BCUT2D eigenvalue weighted by Gasteiger charge is 2.18. The number of rotatable bonds is 4. The minimum atomic E-state index is -0.331. The lowest BCUT2D eigenvalue weighted by Crippen LogP contribution is -2.19. The van der Waals surface area contributed by atoms with E-state index in [-0.39, 0.29) is 11.9 Å². The molecule has 9 heteroatoms. The third-order valence-electron chi connectivity index (χ3n) is 5.37. The number of carbonyl (C=O) groups is 1. The molecule has 0 aliphatic carbocycles. The SMILES string of the molecule is Cn1cncc1-c1ccc2cnc(NC(=O)c3cn(C4CCOCC4)cn3)nc2c1. The molecule has 1 aromatic carbocycles. The highest BCUT2D eigenvalue weighted by molar-refractivity contribution is 6.02. The molecule has 1 saturated heterocycles. The number of nitrogens with zero attached hydrogens (tertiary/aromatic N) is 6. The van der Waals surface area contributed by atoms with Gasteiger partial charge in [0.15, 0.2) is 0 Å². The third kappa shape index (κ3) is 3.55. The second-order valence-corrected chi connectivity index (χ2v) is 7.36. The van der Waals surface area contributed by atoms with Gasteiger partial charge < -0.3 is 13.9 Å². The van der Waals surface area contributed by atoms with Crippen LogP contribution in [0.15, 0.2) is 49.4 Å². The van der Waals surface area contributed by atoms with E-state index in [0.717, 1.165) is 48.2 Å². The Hall–Kier alpha value is -3.59. The Morgan fingerprint density at radius 1 is 1.17 bits per heavy atom. The summed E-state index contributed by atoms with van der Waals surface area (Å²) in [5.41, 5.74) is 3.06. The first-order chi connectivity index (χ1) is 14.7. The number of benzene rings is 1. The van der Waals surface area contributed by atoms with Crippen LogP contribution in [0.5, 0.6) is 0 Å². The molecule has 0 radical (unpaired) electrons. The van der Waals surface area contributed by atoms with Gasteiger partial charge in [-0.2, -0.15) is 0 Å². The minimum absolute atomic E-state index is 0.246. The number of imidazole rings is 2. The Labute approximate surface area is 172 Å². The molecule has 30 heavy (non-hydrogen) atoms. The summed E-state index contributed by atoms with van der Waals surface area (Å²) in [5, 5.41) is 3.64. The van der Waals surface area contributed by atoms with Crippen LogP contribution in [0.2, 0.25) is 0 Å². The summed E-state index contributed by atoms with van der Waals surface area (Å²) in [6.45, 7) is 1.46. The summed E-state index contributed by atoms with van der Waals surface area (Å²) in [7, 11) is 1.94. The number of aryl methyl sites for hydroxylation is 1. The molecule has 0 saturated carbocycles. The van der Waals surface area contributed by atoms with Gasteiger partial charge in [-0.25, -0.2) is 19.9 Å². The van der Waals surface area contributed by atoms with Crippen molar-refractivity contribution in [3.8, 4) is 11.3 Å². The van der Waals surface area contributed by atoms with E-state index in [2.05, 4.69) is 25.3 Å². The lowest BCUT2D eigenvalue weighted by atomic mass is 10.1. The van der Waals surface area contributed by atoms with Gasteiger partial charge in [-0.1, -0.05) is 12.1 Å². The first-order valence-electron chi connectivity index (χ1n) is 9.83. The second kappa shape index (κ2) is 7.68. The molecule has 0 spiro atoms. The van der Waals surface area contributed by atoms with E-state index in [1.54, 1.807) is 31.2 Å². The summed E-state index contributed by atoms with van der Waals surface area (Å²) in [4.78, 5) is 29.8. The van der Waals surface area contributed by atoms with Gasteiger partial charge in [0.2, 0.25) is 5.95 Å². The third-order valence-corrected chi connectivity index (χ3v) is 5.37. The van der Waals surface area contributed by atoms with Crippen molar-refractivity contribution >= 4 is 22.8 Å². The summed E-state index contributed by atoms with van der Waals surface area (Å²) in [6.07, 6.45) is 10.6. The van der Waals surface area contributed by atoms with Gasteiger partial charge in [-0.15, -0.1) is 0 Å². The van der Waals surface area contributed by atoms with Crippen LogP contribution in [-0.4, -0.2) is 48.2 Å². The van der Waals surface area contributed by atoms with Gasteiger partial charge in [0.05, 0.1) is 30.1 Å². The van der Waals surface area contributed by atoms with E-state index in [4.69, 9.17) is 4.74 Å². The molecule has 1 amide bonds. The number of hydrogen-bond donors (Lipinski definition) is 1. The summed E-state index contributed by atoms with van der Waals surface area (Å²) in [5.74, 6) is -0.0850. The van der Waals surface area contributed by atoms with Crippen LogP contribution in [0.4, 0.5) is 5.95 Å². The van der Waals surface area contributed by atoms with Crippen molar-refractivity contribution in [3.63, 3.8) is 0 Å². The van der Waals surface area contributed by atoms with E-state index in [1.165, 1.54) is 0 Å². The molecular weight excluding hydrogens is 382 g/mol. The molecular formula is C21H21N7O2. The van der Waals surface area contributed by atoms with Gasteiger partial charge in [0, 0.05) is 49.6 Å². The predicted octanol–water partition coefficient (Wildman–Crippen LogP) is 2.83. The van der Waals surface area contributed by atoms with Crippen molar-refractivity contribution in [2.75, 3.05) is 18.5 Å². The molecule has 1 aliphatic rings. The minimum Gasteiger partial charge on any atom is -0.381 e. The van der Waals surface area contributed by atoms with Crippen LogP contribution < -0.4 is 5.32 Å². The Kier molecular flexibility index (Phi) is 4.72. The van der Waals surface area contributed by atoms with Gasteiger partial charge in [-0.3, -0.25) is 10.1 Å². The van der Waals surface area contributed by atoms with Gasteiger partial charge in [0.25, 0.3) is 5.91 Å². The van der Waals surface area contributed by atoms with Gasteiger partial charge in [0.1, 0.15) is 5.69 Å². The Morgan fingerprint density at radius 2 is 2.03 bits per heavy atom. The van der Waals surface area contributed by atoms with Crippen molar-refractivity contribution in [2.45, 2.75) is 18.9 Å². The first-order valence-corrected chi connectivity index (χ1v) is 9.83. The zero-order valence-electron chi connectivity index (χ0n) is 16.5. The smallest absolute Gasteiger partial charge is 0.278 e. The standard InChI is InChI=1S/C21H21N7O2/c1-27-12-22-10-19(27)14-2-3-15-9-23-21(25-17(15)8-14)26-20(29)18-11-28(13-24-18)16-4-6-30-7-5-16/h2-3,8-13,16H,4-7H2,1H3,(H,23,25,26,29). The van der Waals surface area contributed by atoms with Crippen molar-refractivity contribution in [1.29, 1.82) is 0 Å². The molecule has 3 aromatic heterocycles. The summed E-state index contributed by atoms with van der Waals surface area (Å²) in [6, 6.07) is 6.24. The summed E-state index contributed by atoms with van der Waals surface area (Å²) < 4.78 is 9.32. The fraction of sp³-hybridized carbons (Fsp3) is 0.286. The highest BCUT2D eigenvalue weighted by atomic mass is 16.5. The van der Waals surface area contributed by atoms with E-state index in [9.17, 15) is 4.79 Å². The quantitative estimate of drug-likeness (QED) is 0.562. The number of anilines is 1. The largest absolute Gasteiger partial charge is 0.381 e. The van der Waals surface area contributed by atoms with Crippen molar-refractivity contribution in [3.05, 3.63) is 55.1 Å². The number of amides is 1. The molecule has 0 bridgehead atoms. The molecule has 0 unspecified atom stereocenters. The van der Waals surface area contributed by atoms with Crippen LogP contribution >= 0.6 is 0 Å².